The molecule has 1 saturated heterocycles. The number of anilines is 2. The van der Waals surface area contributed by atoms with E-state index in [4.69, 9.17) is 16.1 Å². The van der Waals surface area contributed by atoms with Crippen LogP contribution in [0.3, 0.4) is 0 Å². The Labute approximate surface area is 194 Å². The molecule has 0 amide bonds. The van der Waals surface area contributed by atoms with Gasteiger partial charge in [-0.1, -0.05) is 16.8 Å². The van der Waals surface area contributed by atoms with Gasteiger partial charge in [0.25, 0.3) is 5.56 Å². The highest BCUT2D eigenvalue weighted by Gasteiger charge is 2.20. The third kappa shape index (κ3) is 4.42. The lowest BCUT2D eigenvalue weighted by Crippen LogP contribution is -2.47. The highest BCUT2D eigenvalue weighted by Crippen LogP contribution is 2.26. The van der Waals surface area contributed by atoms with Crippen LogP contribution >= 0.6 is 11.6 Å². The summed E-state index contributed by atoms with van der Waals surface area (Å²) in [5.41, 5.74) is 3.78. The van der Waals surface area contributed by atoms with Gasteiger partial charge in [-0.3, -0.25) is 4.79 Å². The average Bonchev–Trinajstić information content (AvgIpc) is 3.21. The molecule has 168 valence electrons. The Morgan fingerprint density at radius 3 is 2.39 bits per heavy atom. The SMILES string of the molecule is Cc1onc(-c2ccc(Cl)nc2)c1Cn1ncc(N2CCN(c3cncnc3)CC2)cc1=O. The number of hydrogen-bond acceptors (Lipinski definition) is 9. The third-order valence-corrected chi connectivity index (χ3v) is 5.93. The van der Waals surface area contributed by atoms with E-state index in [9.17, 15) is 4.79 Å². The first-order valence-corrected chi connectivity index (χ1v) is 10.9. The minimum Gasteiger partial charge on any atom is -0.367 e. The van der Waals surface area contributed by atoms with Crippen molar-refractivity contribution in [2.24, 2.45) is 0 Å². The van der Waals surface area contributed by atoms with E-state index in [1.54, 1.807) is 24.5 Å². The summed E-state index contributed by atoms with van der Waals surface area (Å²) in [6.07, 6.45) is 8.51. The van der Waals surface area contributed by atoms with Crippen LogP contribution in [-0.2, 0) is 6.54 Å². The number of nitrogens with zero attached hydrogens (tertiary/aromatic N) is 8. The Morgan fingerprint density at radius 2 is 1.73 bits per heavy atom. The van der Waals surface area contributed by atoms with E-state index in [-0.39, 0.29) is 12.1 Å². The van der Waals surface area contributed by atoms with E-state index >= 15 is 0 Å². The number of pyridine rings is 1. The fourth-order valence-corrected chi connectivity index (χ4v) is 3.97. The molecule has 5 rings (SSSR count). The highest BCUT2D eigenvalue weighted by atomic mass is 35.5. The fraction of sp³-hybridized carbons (Fsp3) is 0.273. The topological polar surface area (TPSA) is 106 Å². The van der Waals surface area contributed by atoms with E-state index in [1.807, 2.05) is 25.4 Å². The van der Waals surface area contributed by atoms with Crippen molar-refractivity contribution in [3.05, 3.63) is 76.1 Å². The molecule has 1 fully saturated rings. The van der Waals surface area contributed by atoms with Crippen LogP contribution in [0.1, 0.15) is 11.3 Å². The van der Waals surface area contributed by atoms with E-state index in [0.717, 1.165) is 48.7 Å². The Morgan fingerprint density at radius 1 is 1.00 bits per heavy atom. The van der Waals surface area contributed by atoms with Crippen molar-refractivity contribution in [3.63, 3.8) is 0 Å². The van der Waals surface area contributed by atoms with Crippen LogP contribution in [0.5, 0.6) is 0 Å². The average molecular weight is 465 g/mol. The molecule has 0 saturated carbocycles. The van der Waals surface area contributed by atoms with Gasteiger partial charge in [0.05, 0.1) is 36.5 Å². The molecule has 0 radical (unpaired) electrons. The number of aryl methyl sites for hydroxylation is 1. The molecule has 4 aromatic rings. The van der Waals surface area contributed by atoms with Gasteiger partial charge >= 0.3 is 0 Å². The number of rotatable bonds is 5. The Bertz CT molecular complexity index is 1300. The number of halogens is 1. The summed E-state index contributed by atoms with van der Waals surface area (Å²) in [4.78, 5) is 29.5. The molecule has 0 aromatic carbocycles. The van der Waals surface area contributed by atoms with Gasteiger partial charge in [0.2, 0.25) is 0 Å². The molecule has 0 aliphatic carbocycles. The van der Waals surface area contributed by atoms with Crippen molar-refractivity contribution in [1.82, 2.24) is 29.9 Å². The molecule has 4 aromatic heterocycles. The summed E-state index contributed by atoms with van der Waals surface area (Å²) >= 11 is 5.89. The molecule has 10 nitrogen and oxygen atoms in total. The lowest BCUT2D eigenvalue weighted by molar-refractivity contribution is 0.397. The van der Waals surface area contributed by atoms with Crippen molar-refractivity contribution in [1.29, 1.82) is 0 Å². The van der Waals surface area contributed by atoms with E-state index < -0.39 is 0 Å². The van der Waals surface area contributed by atoms with Gasteiger partial charge in [-0.05, 0) is 19.1 Å². The molecule has 0 unspecified atom stereocenters. The monoisotopic (exact) mass is 464 g/mol. The van der Waals surface area contributed by atoms with E-state index in [0.29, 0.717) is 16.6 Å². The fourth-order valence-electron chi connectivity index (χ4n) is 3.86. The van der Waals surface area contributed by atoms with Crippen LogP contribution in [0, 0.1) is 6.92 Å². The zero-order valence-corrected chi connectivity index (χ0v) is 18.7. The van der Waals surface area contributed by atoms with Crippen LogP contribution < -0.4 is 15.4 Å². The van der Waals surface area contributed by atoms with Gasteiger partial charge < -0.3 is 14.3 Å². The van der Waals surface area contributed by atoms with Gasteiger partial charge in [0.1, 0.15) is 22.9 Å². The zero-order valence-electron chi connectivity index (χ0n) is 17.9. The lowest BCUT2D eigenvalue weighted by atomic mass is 10.1. The molecule has 1 aliphatic heterocycles. The van der Waals surface area contributed by atoms with Gasteiger partial charge in [0, 0.05) is 49.6 Å². The first kappa shape index (κ1) is 21.1. The van der Waals surface area contributed by atoms with Crippen molar-refractivity contribution < 1.29 is 4.52 Å². The van der Waals surface area contributed by atoms with Crippen LogP contribution in [0.4, 0.5) is 11.4 Å². The van der Waals surface area contributed by atoms with Crippen LogP contribution in [0.15, 0.2) is 58.6 Å². The van der Waals surface area contributed by atoms with E-state index in [2.05, 4.69) is 35.0 Å². The summed E-state index contributed by atoms with van der Waals surface area (Å²) < 4.78 is 6.79. The first-order chi connectivity index (χ1) is 16.1. The molecule has 0 bridgehead atoms. The number of aromatic nitrogens is 6. The quantitative estimate of drug-likeness (QED) is 0.411. The maximum absolute atomic E-state index is 12.9. The second kappa shape index (κ2) is 8.99. The predicted molar refractivity (Wildman–Crippen MR) is 124 cm³/mol. The number of hydrogen-bond donors (Lipinski definition) is 0. The first-order valence-electron chi connectivity index (χ1n) is 10.5. The molecular weight excluding hydrogens is 444 g/mol. The van der Waals surface area contributed by atoms with Crippen molar-refractivity contribution in [2.45, 2.75) is 13.5 Å². The predicted octanol–water partition coefficient (Wildman–Crippen LogP) is 2.42. The van der Waals surface area contributed by atoms with Gasteiger partial charge in [-0.25, -0.2) is 19.6 Å². The maximum atomic E-state index is 12.9. The van der Waals surface area contributed by atoms with E-state index in [1.165, 1.54) is 11.0 Å². The van der Waals surface area contributed by atoms with Gasteiger partial charge in [-0.2, -0.15) is 5.10 Å². The van der Waals surface area contributed by atoms with Crippen molar-refractivity contribution in [2.75, 3.05) is 36.0 Å². The Balaban J connectivity index is 1.31. The van der Waals surface area contributed by atoms with Crippen molar-refractivity contribution >= 4 is 23.0 Å². The third-order valence-electron chi connectivity index (χ3n) is 5.71. The minimum atomic E-state index is -0.188. The molecule has 0 N–H and O–H groups in total. The minimum absolute atomic E-state index is 0.188. The lowest BCUT2D eigenvalue weighted by Gasteiger charge is -2.36. The zero-order chi connectivity index (χ0) is 22.8. The van der Waals surface area contributed by atoms with Gasteiger partial charge in [0.15, 0.2) is 0 Å². The normalized spacial score (nSPS) is 14.0. The molecule has 11 heteroatoms. The summed E-state index contributed by atoms with van der Waals surface area (Å²) in [5.74, 6) is 0.624. The molecule has 0 spiro atoms. The smallest absolute Gasteiger partial charge is 0.269 e. The summed E-state index contributed by atoms with van der Waals surface area (Å²) in [6, 6.07) is 5.13. The molecule has 33 heavy (non-hydrogen) atoms. The summed E-state index contributed by atoms with van der Waals surface area (Å²) in [6.45, 7) is 5.24. The Kier molecular flexibility index (Phi) is 5.74. The summed E-state index contributed by atoms with van der Waals surface area (Å²) in [5, 5.41) is 8.96. The van der Waals surface area contributed by atoms with Gasteiger partial charge in [-0.15, -0.1) is 0 Å². The standard InChI is InChI=1S/C22H21ClN8O2/c1-15-19(22(28-33-15)16-2-3-20(23)26-9-16)13-31-21(32)8-17(12-27-31)29-4-6-30(7-5-29)18-10-24-14-25-11-18/h2-3,8-12,14H,4-7,13H2,1H3. The number of piperazine rings is 1. The second-order valence-electron chi connectivity index (χ2n) is 7.72. The molecule has 1 aliphatic rings. The molecular formula is C22H21ClN8O2. The van der Waals surface area contributed by atoms with Crippen LogP contribution in [-0.4, -0.2) is 56.1 Å². The largest absolute Gasteiger partial charge is 0.367 e. The molecule has 5 heterocycles. The maximum Gasteiger partial charge on any atom is 0.269 e. The summed E-state index contributed by atoms with van der Waals surface area (Å²) in [7, 11) is 0. The Hall–Kier alpha value is -3.79. The van der Waals surface area contributed by atoms with Crippen LogP contribution in [0.25, 0.3) is 11.3 Å². The van der Waals surface area contributed by atoms with Crippen molar-refractivity contribution in [3.8, 4) is 11.3 Å². The second-order valence-corrected chi connectivity index (χ2v) is 8.10. The molecule has 0 atom stereocenters. The van der Waals surface area contributed by atoms with Crippen LogP contribution in [0.2, 0.25) is 5.15 Å². The highest BCUT2D eigenvalue weighted by molar-refractivity contribution is 6.29.